The maximum Gasteiger partial charge on any atom is 0.251 e. The average molecular weight is 377 g/mol. The summed E-state index contributed by atoms with van der Waals surface area (Å²) in [7, 11) is 0. The maximum absolute atomic E-state index is 12.7. The van der Waals surface area contributed by atoms with Crippen molar-refractivity contribution in [2.75, 3.05) is 13.1 Å². The number of benzene rings is 2. The number of nitrogens with one attached hydrogen (secondary N) is 1. The van der Waals surface area contributed by atoms with Crippen LogP contribution in [-0.2, 0) is 19.6 Å². The number of aromatic nitrogens is 3. The van der Waals surface area contributed by atoms with Crippen LogP contribution in [0.25, 0.3) is 11.0 Å². The maximum atomic E-state index is 12.7. The van der Waals surface area contributed by atoms with Crippen LogP contribution in [-0.4, -0.2) is 38.9 Å². The zero-order chi connectivity index (χ0) is 19.3. The third-order valence-corrected chi connectivity index (χ3v) is 5.48. The Morgan fingerprint density at radius 1 is 1.07 bits per heavy atom. The molecule has 4 rings (SSSR count). The predicted molar refractivity (Wildman–Crippen MR) is 110 cm³/mol. The van der Waals surface area contributed by atoms with Crippen molar-refractivity contribution in [1.82, 2.24) is 25.2 Å². The summed E-state index contributed by atoms with van der Waals surface area (Å²) in [6, 6.07) is 14.0. The second-order valence-corrected chi connectivity index (χ2v) is 7.40. The van der Waals surface area contributed by atoms with E-state index in [9.17, 15) is 4.79 Å². The summed E-state index contributed by atoms with van der Waals surface area (Å²) < 4.78 is 1.83. The quantitative estimate of drug-likeness (QED) is 0.715. The number of nitrogens with zero attached hydrogens (tertiary/aromatic N) is 4. The van der Waals surface area contributed by atoms with Crippen molar-refractivity contribution in [2.45, 2.75) is 45.8 Å². The fourth-order valence-electron chi connectivity index (χ4n) is 3.87. The van der Waals surface area contributed by atoms with Crippen LogP contribution in [0.5, 0.6) is 0 Å². The van der Waals surface area contributed by atoms with Gasteiger partial charge in [-0.1, -0.05) is 35.9 Å². The molecule has 6 nitrogen and oxygen atoms in total. The highest BCUT2D eigenvalue weighted by Crippen LogP contribution is 2.17. The fourth-order valence-corrected chi connectivity index (χ4v) is 3.87. The number of hydrogen-bond acceptors (Lipinski definition) is 4. The van der Waals surface area contributed by atoms with Crippen LogP contribution in [0.1, 0.15) is 47.7 Å². The molecule has 1 aromatic heterocycles. The smallest absolute Gasteiger partial charge is 0.251 e. The lowest BCUT2D eigenvalue weighted by atomic mass is 10.0. The monoisotopic (exact) mass is 377 g/mol. The minimum absolute atomic E-state index is 0.0827. The summed E-state index contributed by atoms with van der Waals surface area (Å²) in [5.74, 6) is -0.0827. The molecular weight excluding hydrogens is 350 g/mol. The molecule has 1 amide bonds. The topological polar surface area (TPSA) is 63.1 Å². The van der Waals surface area contributed by atoms with E-state index < -0.39 is 0 Å². The zero-order valence-electron chi connectivity index (χ0n) is 16.4. The lowest BCUT2D eigenvalue weighted by Crippen LogP contribution is -2.30. The average Bonchev–Trinajstić information content (AvgIpc) is 3.16. The highest BCUT2D eigenvalue weighted by molar-refractivity contribution is 5.97. The van der Waals surface area contributed by atoms with Crippen LogP contribution in [0.3, 0.4) is 0 Å². The largest absolute Gasteiger partial charge is 0.348 e. The molecular formula is C22H27N5O. The van der Waals surface area contributed by atoms with Gasteiger partial charge in [0.2, 0.25) is 0 Å². The minimum atomic E-state index is -0.0827. The Morgan fingerprint density at radius 3 is 2.64 bits per heavy atom. The molecule has 0 bridgehead atoms. The van der Waals surface area contributed by atoms with Gasteiger partial charge in [0.05, 0.1) is 5.52 Å². The number of piperidine rings is 1. The van der Waals surface area contributed by atoms with Crippen molar-refractivity contribution >= 4 is 16.9 Å². The van der Waals surface area contributed by atoms with Gasteiger partial charge in [0.1, 0.15) is 5.52 Å². The highest BCUT2D eigenvalue weighted by Gasteiger charge is 2.14. The SMILES string of the molecule is CCn1nnc2cc(C(=O)NCc3ccccc3CN3CCCCC3)ccc21. The number of rotatable bonds is 6. The number of hydrogen-bond donors (Lipinski definition) is 1. The van der Waals surface area contributed by atoms with Crippen molar-refractivity contribution in [3.05, 3.63) is 59.2 Å². The van der Waals surface area contributed by atoms with Crippen molar-refractivity contribution in [1.29, 1.82) is 0 Å². The molecule has 28 heavy (non-hydrogen) atoms. The second kappa shape index (κ2) is 8.52. The Hall–Kier alpha value is -2.73. The summed E-state index contributed by atoms with van der Waals surface area (Å²) in [6.07, 6.45) is 3.90. The van der Waals surface area contributed by atoms with Gasteiger partial charge in [0, 0.05) is 25.2 Å². The van der Waals surface area contributed by atoms with Crippen LogP contribution in [0.2, 0.25) is 0 Å². The molecule has 146 valence electrons. The van der Waals surface area contributed by atoms with Crippen molar-refractivity contribution < 1.29 is 4.79 Å². The van der Waals surface area contributed by atoms with Crippen LogP contribution >= 0.6 is 0 Å². The first-order chi connectivity index (χ1) is 13.7. The molecule has 1 aliphatic heterocycles. The molecule has 1 fully saturated rings. The molecule has 0 saturated carbocycles. The lowest BCUT2D eigenvalue weighted by Gasteiger charge is -2.27. The summed E-state index contributed by atoms with van der Waals surface area (Å²) in [4.78, 5) is 15.2. The Balaban J connectivity index is 1.43. The van der Waals surface area contributed by atoms with Gasteiger partial charge in [-0.25, -0.2) is 4.68 Å². The molecule has 0 spiro atoms. The van der Waals surface area contributed by atoms with E-state index in [0.29, 0.717) is 12.1 Å². The van der Waals surface area contributed by atoms with E-state index in [0.717, 1.165) is 24.1 Å². The van der Waals surface area contributed by atoms with Crippen LogP contribution < -0.4 is 5.32 Å². The minimum Gasteiger partial charge on any atom is -0.348 e. The third kappa shape index (κ3) is 4.07. The normalized spacial score (nSPS) is 15.0. The van der Waals surface area contributed by atoms with Crippen LogP contribution in [0.4, 0.5) is 0 Å². The molecule has 0 aliphatic carbocycles. The van der Waals surface area contributed by atoms with E-state index in [4.69, 9.17) is 0 Å². The molecule has 0 radical (unpaired) electrons. The Morgan fingerprint density at radius 2 is 1.86 bits per heavy atom. The molecule has 2 aromatic carbocycles. The number of amides is 1. The van der Waals surface area contributed by atoms with Crippen molar-refractivity contribution in [2.24, 2.45) is 0 Å². The fraction of sp³-hybridized carbons (Fsp3) is 0.409. The first-order valence-corrected chi connectivity index (χ1v) is 10.1. The summed E-state index contributed by atoms with van der Waals surface area (Å²) >= 11 is 0. The van der Waals surface area contributed by atoms with Crippen molar-refractivity contribution in [3.8, 4) is 0 Å². The van der Waals surface area contributed by atoms with Gasteiger partial charge in [-0.05, 0) is 62.2 Å². The number of carbonyl (C=O) groups excluding carboxylic acids is 1. The van der Waals surface area contributed by atoms with E-state index in [1.54, 1.807) is 0 Å². The number of aryl methyl sites for hydroxylation is 1. The van der Waals surface area contributed by atoms with Gasteiger partial charge in [0.15, 0.2) is 0 Å². The number of likely N-dealkylation sites (tertiary alicyclic amines) is 1. The van der Waals surface area contributed by atoms with Gasteiger partial charge in [-0.3, -0.25) is 9.69 Å². The number of carbonyl (C=O) groups is 1. The highest BCUT2D eigenvalue weighted by atomic mass is 16.1. The Bertz CT molecular complexity index is 958. The van der Waals surface area contributed by atoms with Crippen LogP contribution in [0.15, 0.2) is 42.5 Å². The summed E-state index contributed by atoms with van der Waals surface area (Å²) in [5.41, 5.74) is 4.79. The Labute approximate surface area is 165 Å². The molecule has 0 atom stereocenters. The molecule has 3 aromatic rings. The first-order valence-electron chi connectivity index (χ1n) is 10.1. The Kier molecular flexibility index (Phi) is 5.67. The van der Waals surface area contributed by atoms with Gasteiger partial charge in [0.25, 0.3) is 5.91 Å². The number of fused-ring (bicyclic) bond motifs is 1. The van der Waals surface area contributed by atoms with E-state index >= 15 is 0 Å². The van der Waals surface area contributed by atoms with Gasteiger partial charge in [-0.2, -0.15) is 0 Å². The van der Waals surface area contributed by atoms with Gasteiger partial charge < -0.3 is 5.32 Å². The van der Waals surface area contributed by atoms with E-state index in [-0.39, 0.29) is 5.91 Å². The zero-order valence-corrected chi connectivity index (χ0v) is 16.4. The van der Waals surface area contributed by atoms with Gasteiger partial charge >= 0.3 is 0 Å². The molecule has 1 saturated heterocycles. The molecule has 1 N–H and O–H groups in total. The molecule has 0 unspecified atom stereocenters. The van der Waals surface area contributed by atoms with E-state index in [2.05, 4.69) is 38.7 Å². The predicted octanol–water partition coefficient (Wildman–Crippen LogP) is 3.37. The molecule has 6 heteroatoms. The van der Waals surface area contributed by atoms with Crippen molar-refractivity contribution in [3.63, 3.8) is 0 Å². The lowest BCUT2D eigenvalue weighted by molar-refractivity contribution is 0.0951. The van der Waals surface area contributed by atoms with E-state index in [1.807, 2.05) is 35.9 Å². The molecule has 2 heterocycles. The van der Waals surface area contributed by atoms with Crippen LogP contribution in [0, 0.1) is 0 Å². The standard InChI is InChI=1S/C22H27N5O/c1-2-27-21-11-10-17(14-20(21)24-25-27)22(28)23-15-18-8-4-5-9-19(18)16-26-12-6-3-7-13-26/h4-5,8-11,14H,2-3,6-7,12-13,15-16H2,1H3,(H,23,28). The van der Waals surface area contributed by atoms with Gasteiger partial charge in [-0.15, -0.1) is 5.10 Å². The van der Waals surface area contributed by atoms with E-state index in [1.165, 1.54) is 43.5 Å². The first kappa shape index (κ1) is 18.6. The third-order valence-electron chi connectivity index (χ3n) is 5.48. The summed E-state index contributed by atoms with van der Waals surface area (Å²) in [5, 5.41) is 11.3. The molecule has 1 aliphatic rings. The summed E-state index contributed by atoms with van der Waals surface area (Å²) in [6.45, 7) is 6.60. The second-order valence-electron chi connectivity index (χ2n) is 7.40.